The maximum absolute atomic E-state index is 13.2. The van der Waals surface area contributed by atoms with Crippen molar-refractivity contribution >= 4 is 33.3 Å². The summed E-state index contributed by atoms with van der Waals surface area (Å²) in [5.74, 6) is -0.981. The number of hydrogen-bond donors (Lipinski definition) is 1. The monoisotopic (exact) mass is 393 g/mol. The number of carbonyl (C=O) groups excluding carboxylic acids is 2. The summed E-state index contributed by atoms with van der Waals surface area (Å²) in [4.78, 5) is 23.8. The van der Waals surface area contributed by atoms with E-state index in [0.29, 0.717) is 17.3 Å². The summed E-state index contributed by atoms with van der Waals surface area (Å²) in [6, 6.07) is 11.4. The molecule has 0 bridgehead atoms. The fourth-order valence-corrected chi connectivity index (χ4v) is 2.49. The van der Waals surface area contributed by atoms with Gasteiger partial charge in [-0.1, -0.05) is 12.1 Å². The van der Waals surface area contributed by atoms with Gasteiger partial charge in [-0.2, -0.15) is 0 Å². The number of nitrogens with one attached hydrogen (secondary N) is 1. The van der Waals surface area contributed by atoms with Crippen LogP contribution in [0.4, 0.5) is 10.1 Å². The topological polar surface area (TPSA) is 55.4 Å². The molecule has 6 heteroatoms. The van der Waals surface area contributed by atoms with Crippen molar-refractivity contribution in [1.82, 2.24) is 0 Å². The van der Waals surface area contributed by atoms with Crippen molar-refractivity contribution in [2.45, 2.75) is 19.3 Å². The molecular formula is C18H17BrFNO3. The van der Waals surface area contributed by atoms with Crippen LogP contribution < -0.4 is 10.1 Å². The molecule has 24 heavy (non-hydrogen) atoms. The predicted molar refractivity (Wildman–Crippen MR) is 93.7 cm³/mol. The van der Waals surface area contributed by atoms with Gasteiger partial charge in [0.15, 0.2) is 0 Å². The van der Waals surface area contributed by atoms with E-state index in [9.17, 15) is 14.0 Å². The second-order valence-electron chi connectivity index (χ2n) is 5.20. The third-order valence-electron chi connectivity index (χ3n) is 3.46. The molecule has 4 nitrogen and oxygen atoms in total. The van der Waals surface area contributed by atoms with E-state index in [2.05, 4.69) is 21.2 Å². The summed E-state index contributed by atoms with van der Waals surface area (Å²) >= 11 is 3.20. The van der Waals surface area contributed by atoms with E-state index >= 15 is 0 Å². The molecule has 0 aliphatic rings. The molecule has 126 valence electrons. The number of methoxy groups -OCH3 is 1. The first-order valence-corrected chi connectivity index (χ1v) is 8.21. The molecule has 0 saturated carbocycles. The third kappa shape index (κ3) is 5.16. The molecule has 1 N–H and O–H groups in total. The Morgan fingerprint density at radius 3 is 2.54 bits per heavy atom. The van der Waals surface area contributed by atoms with E-state index in [1.165, 1.54) is 12.1 Å². The zero-order valence-electron chi connectivity index (χ0n) is 13.1. The minimum atomic E-state index is -0.740. The number of halogens is 2. The van der Waals surface area contributed by atoms with Crippen LogP contribution in [0.15, 0.2) is 46.9 Å². The van der Waals surface area contributed by atoms with E-state index in [4.69, 9.17) is 4.74 Å². The Hall–Kier alpha value is -2.21. The summed E-state index contributed by atoms with van der Waals surface area (Å²) in [6.45, 7) is 0. The molecule has 0 saturated heterocycles. The SMILES string of the molecule is COc1ccc(CCCC(=O)C(=O)Nc2cc(F)ccc2Br)cc1. The molecule has 0 spiro atoms. The van der Waals surface area contributed by atoms with Gasteiger partial charge in [-0.15, -0.1) is 0 Å². The number of Topliss-reactive ketones (excluding diaryl/α,β-unsaturated/α-hetero) is 1. The number of hydrogen-bond acceptors (Lipinski definition) is 3. The molecule has 0 unspecified atom stereocenters. The van der Waals surface area contributed by atoms with Crippen LogP contribution in [0.5, 0.6) is 5.75 Å². The van der Waals surface area contributed by atoms with Gasteiger partial charge in [0.2, 0.25) is 5.78 Å². The lowest BCUT2D eigenvalue weighted by Crippen LogP contribution is -2.23. The third-order valence-corrected chi connectivity index (χ3v) is 4.15. The molecule has 0 heterocycles. The van der Waals surface area contributed by atoms with Gasteiger partial charge in [0, 0.05) is 10.9 Å². The Bertz CT molecular complexity index is 732. The van der Waals surface area contributed by atoms with Crippen LogP contribution in [0.1, 0.15) is 18.4 Å². The quantitative estimate of drug-likeness (QED) is 0.719. The van der Waals surface area contributed by atoms with Crippen molar-refractivity contribution in [3.63, 3.8) is 0 Å². The Balaban J connectivity index is 1.83. The van der Waals surface area contributed by atoms with Crippen molar-refractivity contribution in [1.29, 1.82) is 0 Å². The van der Waals surface area contributed by atoms with E-state index in [0.717, 1.165) is 17.4 Å². The normalized spacial score (nSPS) is 10.3. The smallest absolute Gasteiger partial charge is 0.291 e. The Kier molecular flexibility index (Phi) is 6.49. The zero-order valence-corrected chi connectivity index (χ0v) is 14.7. The molecule has 2 aromatic carbocycles. The predicted octanol–water partition coefficient (Wildman–Crippen LogP) is 4.13. The molecule has 1 amide bonds. The van der Waals surface area contributed by atoms with Crippen LogP contribution in [0, 0.1) is 5.82 Å². The van der Waals surface area contributed by atoms with Gasteiger partial charge in [0.05, 0.1) is 12.8 Å². The molecule has 0 fully saturated rings. The van der Waals surface area contributed by atoms with E-state index in [1.54, 1.807) is 7.11 Å². The molecule has 0 aromatic heterocycles. The molecule has 0 radical (unpaired) electrons. The molecule has 0 aliphatic heterocycles. The first-order valence-electron chi connectivity index (χ1n) is 7.42. The van der Waals surface area contributed by atoms with Gasteiger partial charge in [0.25, 0.3) is 5.91 Å². The Morgan fingerprint density at radius 2 is 1.88 bits per heavy atom. The first kappa shape index (κ1) is 18.1. The van der Waals surface area contributed by atoms with E-state index in [1.807, 2.05) is 24.3 Å². The van der Waals surface area contributed by atoms with Gasteiger partial charge < -0.3 is 10.1 Å². The average molecular weight is 394 g/mol. The van der Waals surface area contributed by atoms with Crippen LogP contribution in [-0.4, -0.2) is 18.8 Å². The first-order chi connectivity index (χ1) is 11.5. The summed E-state index contributed by atoms with van der Waals surface area (Å²) in [7, 11) is 1.60. The lowest BCUT2D eigenvalue weighted by Gasteiger charge is -2.07. The van der Waals surface area contributed by atoms with Crippen LogP contribution in [0.25, 0.3) is 0 Å². The number of aryl methyl sites for hydroxylation is 1. The van der Waals surface area contributed by atoms with Crippen molar-refractivity contribution < 1.29 is 18.7 Å². The average Bonchev–Trinajstić information content (AvgIpc) is 2.58. The minimum Gasteiger partial charge on any atom is -0.497 e. The van der Waals surface area contributed by atoms with Crippen molar-refractivity contribution in [2.24, 2.45) is 0 Å². The van der Waals surface area contributed by atoms with Gasteiger partial charge in [-0.25, -0.2) is 4.39 Å². The maximum Gasteiger partial charge on any atom is 0.291 e. The molecule has 2 rings (SSSR count). The van der Waals surface area contributed by atoms with E-state index in [-0.39, 0.29) is 12.1 Å². The molecule has 0 atom stereocenters. The van der Waals surface area contributed by atoms with Crippen LogP contribution in [-0.2, 0) is 16.0 Å². The van der Waals surface area contributed by atoms with Crippen LogP contribution in [0.2, 0.25) is 0 Å². The lowest BCUT2D eigenvalue weighted by atomic mass is 10.1. The highest BCUT2D eigenvalue weighted by Crippen LogP contribution is 2.23. The van der Waals surface area contributed by atoms with Crippen molar-refractivity contribution in [2.75, 3.05) is 12.4 Å². The van der Waals surface area contributed by atoms with Gasteiger partial charge >= 0.3 is 0 Å². The second-order valence-corrected chi connectivity index (χ2v) is 6.06. The van der Waals surface area contributed by atoms with Gasteiger partial charge in [0.1, 0.15) is 11.6 Å². The lowest BCUT2D eigenvalue weighted by molar-refractivity contribution is -0.134. The summed E-state index contributed by atoms with van der Waals surface area (Å²) in [6.07, 6.45) is 1.38. The Labute approximate surface area is 148 Å². The second kappa shape index (κ2) is 8.59. The summed E-state index contributed by atoms with van der Waals surface area (Å²) in [5, 5.41) is 2.42. The number of amides is 1. The number of rotatable bonds is 7. The van der Waals surface area contributed by atoms with Crippen LogP contribution in [0.3, 0.4) is 0 Å². The highest BCUT2D eigenvalue weighted by atomic mass is 79.9. The number of benzene rings is 2. The van der Waals surface area contributed by atoms with Crippen molar-refractivity contribution in [3.8, 4) is 5.75 Å². The molecular weight excluding hydrogens is 377 g/mol. The van der Waals surface area contributed by atoms with Gasteiger partial charge in [-0.3, -0.25) is 9.59 Å². The van der Waals surface area contributed by atoms with Crippen molar-refractivity contribution in [3.05, 3.63) is 58.3 Å². The number of anilines is 1. The number of ether oxygens (including phenoxy) is 1. The van der Waals surface area contributed by atoms with E-state index < -0.39 is 17.5 Å². The highest BCUT2D eigenvalue weighted by Gasteiger charge is 2.15. The van der Waals surface area contributed by atoms with Gasteiger partial charge in [-0.05, 0) is 64.7 Å². The summed E-state index contributed by atoms with van der Waals surface area (Å²) in [5.41, 5.74) is 1.31. The zero-order chi connectivity index (χ0) is 17.5. The molecule has 0 aliphatic carbocycles. The Morgan fingerprint density at radius 1 is 1.17 bits per heavy atom. The summed E-state index contributed by atoms with van der Waals surface area (Å²) < 4.78 is 18.8. The standard InChI is InChI=1S/C18H17BrFNO3/c1-24-14-8-5-12(6-9-14)3-2-4-17(22)18(23)21-16-11-13(20)7-10-15(16)19/h5-11H,2-4H2,1H3,(H,21,23). The maximum atomic E-state index is 13.2. The molecule has 2 aromatic rings. The van der Waals surface area contributed by atoms with Crippen LogP contribution >= 0.6 is 15.9 Å². The number of ketones is 1. The fraction of sp³-hybridized carbons (Fsp3) is 0.222. The minimum absolute atomic E-state index is 0.130. The largest absolute Gasteiger partial charge is 0.497 e. The fourth-order valence-electron chi connectivity index (χ4n) is 2.14. The number of carbonyl (C=O) groups is 2. The highest BCUT2D eigenvalue weighted by molar-refractivity contribution is 9.10.